The van der Waals surface area contributed by atoms with E-state index in [-0.39, 0.29) is 5.43 Å². The molecule has 0 bridgehead atoms. The van der Waals surface area contributed by atoms with Crippen LogP contribution in [0.4, 0.5) is 0 Å². The summed E-state index contributed by atoms with van der Waals surface area (Å²) >= 11 is 0. The van der Waals surface area contributed by atoms with E-state index in [9.17, 15) is 4.79 Å². The number of hydrogen-bond donors (Lipinski definition) is 0. The van der Waals surface area contributed by atoms with Crippen LogP contribution in [0.5, 0.6) is 17.2 Å². The van der Waals surface area contributed by atoms with Gasteiger partial charge in [-0.25, -0.2) is 0 Å². The molecule has 5 heteroatoms. The van der Waals surface area contributed by atoms with E-state index in [1.165, 1.54) is 0 Å². The van der Waals surface area contributed by atoms with Gasteiger partial charge in [0.15, 0.2) is 11.5 Å². The van der Waals surface area contributed by atoms with Crippen molar-refractivity contribution in [3.05, 3.63) is 52.1 Å². The number of aromatic nitrogens is 1. The van der Waals surface area contributed by atoms with Gasteiger partial charge in [0.05, 0.1) is 26.7 Å². The fraction of sp³-hybridized carbons (Fsp3) is 0.167. The van der Waals surface area contributed by atoms with Crippen LogP contribution < -0.4 is 25.0 Å². The van der Waals surface area contributed by atoms with E-state index in [0.717, 1.165) is 5.52 Å². The van der Waals surface area contributed by atoms with Crippen molar-refractivity contribution in [1.29, 1.82) is 0 Å². The number of ether oxygens (including phenoxy) is 3. The third kappa shape index (κ3) is 2.30. The molecular formula is C18H17NO4. The number of pyridine rings is 1. The molecule has 0 atom stereocenters. The van der Waals surface area contributed by atoms with Crippen molar-refractivity contribution in [3.8, 4) is 28.4 Å². The molecule has 0 aliphatic carbocycles. The molecule has 23 heavy (non-hydrogen) atoms. The highest BCUT2D eigenvalue weighted by Gasteiger charge is 2.16. The topological polar surface area (TPSA) is 49.2 Å². The van der Waals surface area contributed by atoms with Gasteiger partial charge in [-0.3, -0.25) is 4.79 Å². The second-order valence-corrected chi connectivity index (χ2v) is 5.05. The normalized spacial score (nSPS) is 10.7. The number of hydrogen-bond acceptors (Lipinski definition) is 4. The van der Waals surface area contributed by atoms with Gasteiger partial charge in [-0.05, 0) is 35.9 Å². The molecule has 0 aliphatic rings. The Kier molecular flexibility index (Phi) is 3.70. The number of methoxy groups -OCH3 is 3. The minimum Gasteiger partial charge on any atom is -0.493 e. The lowest BCUT2D eigenvalue weighted by Gasteiger charge is -2.14. The minimum atomic E-state index is -0.136. The molecule has 1 aromatic carbocycles. The highest BCUT2D eigenvalue weighted by atomic mass is 16.5. The maximum atomic E-state index is 12.6. The second-order valence-electron chi connectivity index (χ2n) is 5.05. The summed E-state index contributed by atoms with van der Waals surface area (Å²) in [6.45, 7) is 3.89. The fourth-order valence-corrected chi connectivity index (χ4v) is 2.69. The zero-order valence-electron chi connectivity index (χ0n) is 13.3. The lowest BCUT2D eigenvalue weighted by atomic mass is 10.0. The van der Waals surface area contributed by atoms with Gasteiger partial charge < -0.3 is 18.6 Å². The summed E-state index contributed by atoms with van der Waals surface area (Å²) in [6, 6.07) is 9.16. The predicted octanol–water partition coefficient (Wildman–Crippen LogP) is 2.12. The van der Waals surface area contributed by atoms with Gasteiger partial charge in [0.25, 0.3) is 0 Å². The highest BCUT2D eigenvalue weighted by Crippen LogP contribution is 2.40. The van der Waals surface area contributed by atoms with Crippen molar-refractivity contribution in [3.63, 3.8) is 0 Å². The zero-order valence-corrected chi connectivity index (χ0v) is 13.3. The summed E-state index contributed by atoms with van der Waals surface area (Å²) in [6.07, 6.45) is 1.82. The summed E-state index contributed by atoms with van der Waals surface area (Å²) in [5.74, 6) is 1.49. The quantitative estimate of drug-likeness (QED) is 0.740. The molecule has 0 saturated carbocycles. The third-order valence-electron chi connectivity index (χ3n) is 3.85. The number of rotatable bonds is 4. The van der Waals surface area contributed by atoms with Gasteiger partial charge in [0, 0.05) is 17.3 Å². The average molecular weight is 311 g/mol. The van der Waals surface area contributed by atoms with Crippen LogP contribution in [-0.4, -0.2) is 25.7 Å². The van der Waals surface area contributed by atoms with Crippen molar-refractivity contribution in [2.75, 3.05) is 21.3 Å². The maximum Gasteiger partial charge on any atom is 0.209 e. The minimum absolute atomic E-state index is 0.136. The van der Waals surface area contributed by atoms with Crippen LogP contribution in [0.2, 0.25) is 0 Å². The van der Waals surface area contributed by atoms with Crippen LogP contribution in [0.3, 0.4) is 0 Å². The Morgan fingerprint density at radius 1 is 1.00 bits per heavy atom. The average Bonchev–Trinajstić information content (AvgIpc) is 3.05. The number of nitrogens with zero attached hydrogens (tertiary/aromatic N) is 1. The molecule has 0 saturated heterocycles. The Labute approximate surface area is 133 Å². The highest BCUT2D eigenvalue weighted by molar-refractivity contribution is 5.74. The summed E-state index contributed by atoms with van der Waals surface area (Å²) in [5.41, 5.74) is 2.00. The summed E-state index contributed by atoms with van der Waals surface area (Å²) in [5, 5.41) is 0.413. The van der Waals surface area contributed by atoms with Crippen molar-refractivity contribution in [1.82, 2.24) is 4.40 Å². The van der Waals surface area contributed by atoms with E-state index in [1.54, 1.807) is 37.9 Å². The van der Waals surface area contributed by atoms with Gasteiger partial charge in [0.2, 0.25) is 11.2 Å². The summed E-state index contributed by atoms with van der Waals surface area (Å²) in [4.78, 5) is 12.6. The molecule has 3 rings (SSSR count). The molecule has 0 fully saturated rings. The Balaban J connectivity index is 2.33. The van der Waals surface area contributed by atoms with Crippen LogP contribution in [0.15, 0.2) is 41.3 Å². The predicted molar refractivity (Wildman–Crippen MR) is 89.5 cm³/mol. The van der Waals surface area contributed by atoms with Crippen LogP contribution in [0.25, 0.3) is 23.2 Å². The van der Waals surface area contributed by atoms with E-state index in [4.69, 9.17) is 14.2 Å². The number of benzene rings is 1. The standard InChI is InChI=1S/C18H17NO4/c1-11-17(20)14(10-13-6-5-7-19(11)13)12-8-15(21-2)18(23-4)16(9-12)22-3/h5-10H,1H2,2-4H3. The first kappa shape index (κ1) is 15.0. The van der Waals surface area contributed by atoms with Crippen molar-refractivity contribution in [2.24, 2.45) is 0 Å². The molecule has 0 spiro atoms. The smallest absolute Gasteiger partial charge is 0.209 e. The van der Waals surface area contributed by atoms with Gasteiger partial charge in [-0.1, -0.05) is 6.58 Å². The summed E-state index contributed by atoms with van der Waals surface area (Å²) < 4.78 is 17.8. The Hall–Kier alpha value is -2.95. The fourth-order valence-electron chi connectivity index (χ4n) is 2.69. The molecule has 0 unspecified atom stereocenters. The Morgan fingerprint density at radius 2 is 1.65 bits per heavy atom. The molecule has 2 heterocycles. The van der Waals surface area contributed by atoms with Gasteiger partial charge in [0.1, 0.15) is 0 Å². The molecule has 3 aromatic rings. The van der Waals surface area contributed by atoms with Crippen LogP contribution in [-0.2, 0) is 0 Å². The molecule has 5 nitrogen and oxygen atoms in total. The van der Waals surface area contributed by atoms with E-state index in [0.29, 0.717) is 33.7 Å². The Bertz CT molecular complexity index is 950. The molecule has 0 radical (unpaired) electrons. The largest absolute Gasteiger partial charge is 0.493 e. The SMILES string of the molecule is C=c1c(=O)c(-c2cc(OC)c(OC)c(OC)c2)cc2cccn12. The van der Waals surface area contributed by atoms with E-state index >= 15 is 0 Å². The maximum absolute atomic E-state index is 12.6. The molecule has 0 amide bonds. The monoisotopic (exact) mass is 311 g/mol. The van der Waals surface area contributed by atoms with Gasteiger partial charge >= 0.3 is 0 Å². The first-order valence-electron chi connectivity index (χ1n) is 7.04. The molecule has 0 N–H and O–H groups in total. The molecular weight excluding hydrogens is 294 g/mol. The Morgan fingerprint density at radius 3 is 2.22 bits per heavy atom. The van der Waals surface area contributed by atoms with Crippen LogP contribution in [0.1, 0.15) is 0 Å². The van der Waals surface area contributed by atoms with Crippen molar-refractivity contribution in [2.45, 2.75) is 0 Å². The second kappa shape index (κ2) is 5.68. The van der Waals surface area contributed by atoms with Gasteiger partial charge in [-0.2, -0.15) is 0 Å². The van der Waals surface area contributed by atoms with Crippen LogP contribution >= 0.6 is 0 Å². The van der Waals surface area contributed by atoms with E-state index in [2.05, 4.69) is 6.58 Å². The summed E-state index contributed by atoms with van der Waals surface area (Å²) in [7, 11) is 4.63. The van der Waals surface area contributed by atoms with E-state index < -0.39 is 0 Å². The number of fused-ring (bicyclic) bond motifs is 1. The third-order valence-corrected chi connectivity index (χ3v) is 3.85. The van der Waals surface area contributed by atoms with Crippen molar-refractivity contribution < 1.29 is 14.2 Å². The molecule has 0 aliphatic heterocycles. The van der Waals surface area contributed by atoms with Crippen LogP contribution in [0, 0.1) is 0 Å². The van der Waals surface area contributed by atoms with E-state index in [1.807, 2.05) is 24.4 Å². The lowest BCUT2D eigenvalue weighted by Crippen LogP contribution is -2.30. The van der Waals surface area contributed by atoms with Gasteiger partial charge in [-0.15, -0.1) is 0 Å². The van der Waals surface area contributed by atoms with Crippen molar-refractivity contribution >= 4 is 12.1 Å². The zero-order chi connectivity index (χ0) is 16.6. The lowest BCUT2D eigenvalue weighted by molar-refractivity contribution is 0.324. The molecule has 118 valence electrons. The molecule has 2 aromatic heterocycles. The first-order chi connectivity index (χ1) is 11.1. The first-order valence-corrected chi connectivity index (χ1v) is 7.04.